The van der Waals surface area contributed by atoms with Gasteiger partial charge in [-0.25, -0.2) is 4.79 Å². The van der Waals surface area contributed by atoms with Crippen LogP contribution in [0.2, 0.25) is 0 Å². The highest BCUT2D eigenvalue weighted by molar-refractivity contribution is 5.87. The summed E-state index contributed by atoms with van der Waals surface area (Å²) in [6.45, 7) is 12.7. The highest BCUT2D eigenvalue weighted by atomic mass is 16.6. The quantitative estimate of drug-likeness (QED) is 0.257. The number of rotatable bonds is 5. The van der Waals surface area contributed by atoms with E-state index in [-0.39, 0.29) is 42.0 Å². The van der Waals surface area contributed by atoms with E-state index in [9.17, 15) is 14.7 Å². The molecule has 1 aromatic rings. The Bertz CT molecular complexity index is 1200. The summed E-state index contributed by atoms with van der Waals surface area (Å²) in [6, 6.07) is 2.01. The fraction of sp³-hybridized carbons (Fsp3) is 0.677. The number of hydrogen-bond acceptors (Lipinski definition) is 7. The number of fused-ring (bicyclic) bond motifs is 4. The van der Waals surface area contributed by atoms with E-state index in [0.29, 0.717) is 25.0 Å². The van der Waals surface area contributed by atoms with Gasteiger partial charge in [0.2, 0.25) is 0 Å². The molecule has 5 aliphatic rings. The number of aliphatic hydroxyl groups is 1. The second-order valence-electron chi connectivity index (χ2n) is 13.0. The summed E-state index contributed by atoms with van der Waals surface area (Å²) in [6.07, 6.45) is 5.83. The predicted molar refractivity (Wildman–Crippen MR) is 139 cm³/mol. The summed E-state index contributed by atoms with van der Waals surface area (Å²) in [4.78, 5) is 25.5. The standard InChI is InChI=1S/C31H40O7/c1-7-16(2)28(34)37-22-13-21(33)29(4)15-36-25-26(29)30(22,5)20(8-10-32)31(6)23-17(3)12-19(18-9-11-35-14-18)24(23)38-27(25)31/h7,9-11,14,19-22,24-27,33H,8,12-13,15H2,1-6H3/b16-7+/t19-,20-,21-,22+,24-,25-,26+,27-,29-,30+,31-/m1/s1. The fourth-order valence-electron chi connectivity index (χ4n) is 9.55. The monoisotopic (exact) mass is 524 g/mol. The molecule has 2 saturated carbocycles. The van der Waals surface area contributed by atoms with Gasteiger partial charge >= 0.3 is 5.97 Å². The Morgan fingerprint density at radius 1 is 1.29 bits per heavy atom. The third-order valence-corrected chi connectivity index (χ3v) is 11.4. The van der Waals surface area contributed by atoms with Crippen LogP contribution in [-0.4, -0.2) is 54.5 Å². The molecule has 2 aliphatic heterocycles. The van der Waals surface area contributed by atoms with E-state index >= 15 is 0 Å². The molecule has 11 atom stereocenters. The summed E-state index contributed by atoms with van der Waals surface area (Å²) in [5.41, 5.74) is 2.57. The third kappa shape index (κ3) is 3.12. The van der Waals surface area contributed by atoms with Crippen molar-refractivity contribution < 1.29 is 33.3 Å². The minimum absolute atomic E-state index is 0.132. The van der Waals surface area contributed by atoms with Crippen LogP contribution in [-0.2, 0) is 23.8 Å². The van der Waals surface area contributed by atoms with Crippen LogP contribution in [0.1, 0.15) is 72.3 Å². The highest BCUT2D eigenvalue weighted by Crippen LogP contribution is 2.73. The average molecular weight is 525 g/mol. The lowest BCUT2D eigenvalue weighted by Crippen LogP contribution is -2.70. The summed E-state index contributed by atoms with van der Waals surface area (Å²) in [7, 11) is 0. The number of aliphatic hydroxyl groups excluding tert-OH is 1. The van der Waals surface area contributed by atoms with Crippen LogP contribution in [0.5, 0.6) is 0 Å². The Hall–Kier alpha value is -2.22. The van der Waals surface area contributed by atoms with E-state index in [2.05, 4.69) is 27.7 Å². The van der Waals surface area contributed by atoms with E-state index in [1.165, 1.54) is 11.1 Å². The SMILES string of the molecule is C/C=C(\C)C(=O)O[C@H]1C[C@@H](O)[C@@]2(C)CO[C@H]3[C@H]4O[C@H]5C(=C(C)C[C@@H]5c5ccoc5)[C@@]4(C)[C@H](CC=O)[C@]1(C)[C@@H]32. The molecule has 0 amide bonds. The smallest absolute Gasteiger partial charge is 0.333 e. The fourth-order valence-corrected chi connectivity index (χ4v) is 9.55. The van der Waals surface area contributed by atoms with Gasteiger partial charge in [0.05, 0.1) is 43.5 Å². The number of carbonyl (C=O) groups is 2. The Labute approximate surface area is 224 Å². The van der Waals surface area contributed by atoms with Crippen LogP contribution < -0.4 is 0 Å². The lowest BCUT2D eigenvalue weighted by Gasteiger charge is -2.65. The largest absolute Gasteiger partial charge is 0.472 e. The van der Waals surface area contributed by atoms with Crippen molar-refractivity contribution in [3.05, 3.63) is 47.0 Å². The number of esters is 1. The Morgan fingerprint density at radius 2 is 2.05 bits per heavy atom. The molecule has 0 radical (unpaired) electrons. The molecule has 38 heavy (non-hydrogen) atoms. The van der Waals surface area contributed by atoms with Crippen LogP contribution in [0.3, 0.4) is 0 Å². The minimum Gasteiger partial charge on any atom is -0.472 e. The first-order chi connectivity index (χ1) is 18.0. The number of furan rings is 1. The Balaban J connectivity index is 1.51. The van der Waals surface area contributed by atoms with Gasteiger partial charge in [-0.1, -0.05) is 32.4 Å². The number of carbonyl (C=O) groups excluding carboxylic acids is 2. The van der Waals surface area contributed by atoms with Crippen LogP contribution >= 0.6 is 0 Å². The third-order valence-electron chi connectivity index (χ3n) is 11.4. The molecule has 7 nitrogen and oxygen atoms in total. The van der Waals surface area contributed by atoms with Gasteiger partial charge in [0.25, 0.3) is 0 Å². The van der Waals surface area contributed by atoms with Gasteiger partial charge < -0.3 is 28.5 Å². The van der Waals surface area contributed by atoms with Crippen molar-refractivity contribution in [1.82, 2.24) is 0 Å². The van der Waals surface area contributed by atoms with Crippen LogP contribution in [0.25, 0.3) is 0 Å². The van der Waals surface area contributed by atoms with Crippen molar-refractivity contribution in [3.63, 3.8) is 0 Å². The van der Waals surface area contributed by atoms with Crippen molar-refractivity contribution in [3.8, 4) is 0 Å². The first-order valence-electron chi connectivity index (χ1n) is 14.0. The van der Waals surface area contributed by atoms with Crippen LogP contribution in [0.15, 0.2) is 45.8 Å². The number of ether oxygens (including phenoxy) is 3. The molecule has 1 aromatic heterocycles. The molecular weight excluding hydrogens is 484 g/mol. The van der Waals surface area contributed by atoms with Gasteiger partial charge in [0, 0.05) is 46.5 Å². The molecule has 7 heteroatoms. The van der Waals surface area contributed by atoms with Crippen molar-refractivity contribution in [2.45, 2.75) is 97.2 Å². The molecule has 2 saturated heterocycles. The van der Waals surface area contributed by atoms with Crippen molar-refractivity contribution >= 4 is 12.3 Å². The second-order valence-corrected chi connectivity index (χ2v) is 13.0. The van der Waals surface area contributed by atoms with Gasteiger partial charge in [0.15, 0.2) is 0 Å². The maximum atomic E-state index is 13.1. The summed E-state index contributed by atoms with van der Waals surface area (Å²) in [5.74, 6) is -0.534. The molecule has 206 valence electrons. The Morgan fingerprint density at radius 3 is 2.71 bits per heavy atom. The first-order valence-corrected chi connectivity index (χ1v) is 14.0. The first kappa shape index (κ1) is 26.0. The molecule has 1 N–H and O–H groups in total. The number of aldehydes is 1. The van der Waals surface area contributed by atoms with E-state index in [0.717, 1.165) is 18.3 Å². The van der Waals surface area contributed by atoms with Crippen LogP contribution in [0, 0.1) is 28.1 Å². The number of allylic oxidation sites excluding steroid dienone is 2. The molecule has 4 fully saturated rings. The molecule has 0 aromatic carbocycles. The molecule has 0 spiro atoms. The molecular formula is C31H40O7. The maximum absolute atomic E-state index is 13.1. The van der Waals surface area contributed by atoms with Crippen molar-refractivity contribution in [1.29, 1.82) is 0 Å². The summed E-state index contributed by atoms with van der Waals surface area (Å²) in [5, 5.41) is 11.5. The molecule has 0 bridgehead atoms. The number of hydrogen-bond donors (Lipinski definition) is 1. The van der Waals surface area contributed by atoms with Gasteiger partial charge in [-0.15, -0.1) is 0 Å². The molecule has 0 unspecified atom stereocenters. The van der Waals surface area contributed by atoms with E-state index in [4.69, 9.17) is 18.6 Å². The minimum atomic E-state index is -0.698. The lowest BCUT2D eigenvalue weighted by atomic mass is 9.40. The van der Waals surface area contributed by atoms with Crippen molar-refractivity contribution in [2.24, 2.45) is 28.1 Å². The predicted octanol–water partition coefficient (Wildman–Crippen LogP) is 4.75. The summed E-state index contributed by atoms with van der Waals surface area (Å²) < 4.78 is 25.3. The molecule has 3 aliphatic carbocycles. The van der Waals surface area contributed by atoms with E-state index in [1.807, 2.05) is 13.0 Å². The average Bonchev–Trinajstić information content (AvgIpc) is 3.65. The Kier molecular flexibility index (Phi) is 5.92. The maximum Gasteiger partial charge on any atom is 0.333 e. The van der Waals surface area contributed by atoms with E-state index < -0.39 is 28.5 Å². The zero-order valence-electron chi connectivity index (χ0n) is 23.2. The molecule has 3 heterocycles. The normalized spacial score (nSPS) is 47.5. The zero-order valence-corrected chi connectivity index (χ0v) is 23.2. The zero-order chi connectivity index (χ0) is 27.2. The van der Waals surface area contributed by atoms with Gasteiger partial charge in [0.1, 0.15) is 12.4 Å². The van der Waals surface area contributed by atoms with Crippen LogP contribution in [0.4, 0.5) is 0 Å². The summed E-state index contributed by atoms with van der Waals surface area (Å²) >= 11 is 0. The van der Waals surface area contributed by atoms with Crippen molar-refractivity contribution in [2.75, 3.05) is 6.61 Å². The van der Waals surface area contributed by atoms with Gasteiger partial charge in [-0.3, -0.25) is 0 Å². The highest BCUT2D eigenvalue weighted by Gasteiger charge is 2.77. The second kappa shape index (κ2) is 8.64. The molecule has 6 rings (SSSR count). The van der Waals surface area contributed by atoms with Gasteiger partial charge in [-0.05, 0) is 50.3 Å². The topological polar surface area (TPSA) is 95.2 Å². The lowest BCUT2D eigenvalue weighted by molar-refractivity contribution is -0.247. The van der Waals surface area contributed by atoms with Gasteiger partial charge in [-0.2, -0.15) is 0 Å². The van der Waals surface area contributed by atoms with E-state index in [1.54, 1.807) is 25.5 Å².